The Morgan fingerprint density at radius 3 is 2.29 bits per heavy atom. The van der Waals surface area contributed by atoms with Crippen LogP contribution in [0.1, 0.15) is 24.9 Å². The van der Waals surface area contributed by atoms with Gasteiger partial charge in [0.15, 0.2) is 0 Å². The van der Waals surface area contributed by atoms with E-state index in [1.165, 1.54) is 6.92 Å². The maximum Gasteiger partial charge on any atom is 0.225 e. The number of hydrogen-bond acceptors (Lipinski definition) is 5. The number of amides is 2. The number of nitrogens with zero attached hydrogens (tertiary/aromatic N) is 3. The third-order valence-corrected chi connectivity index (χ3v) is 4.93. The van der Waals surface area contributed by atoms with Gasteiger partial charge in [-0.05, 0) is 29.8 Å². The fourth-order valence-corrected chi connectivity index (χ4v) is 3.41. The number of ether oxygens (including phenoxy) is 1. The normalized spacial score (nSPS) is 15.1. The number of benzene rings is 1. The zero-order chi connectivity index (χ0) is 19.9. The molecule has 1 saturated heterocycles. The SMILES string of the molecule is COc1ccc(C(CC(=O)N2CCN(c3ccncc3)CC2)NC(C)=O)cc1. The molecule has 1 N–H and O–H groups in total. The molecule has 28 heavy (non-hydrogen) atoms. The second-order valence-electron chi connectivity index (χ2n) is 6.80. The van der Waals surface area contributed by atoms with Crippen LogP contribution in [-0.4, -0.2) is 55.0 Å². The Morgan fingerprint density at radius 2 is 1.71 bits per heavy atom. The van der Waals surface area contributed by atoms with E-state index in [-0.39, 0.29) is 24.3 Å². The maximum atomic E-state index is 12.9. The summed E-state index contributed by atoms with van der Waals surface area (Å²) in [6.45, 7) is 4.35. The number of aromatic nitrogens is 1. The van der Waals surface area contributed by atoms with E-state index in [1.807, 2.05) is 41.3 Å². The Labute approximate surface area is 165 Å². The Morgan fingerprint density at radius 1 is 1.07 bits per heavy atom. The average Bonchev–Trinajstić information content (AvgIpc) is 2.74. The lowest BCUT2D eigenvalue weighted by Gasteiger charge is -2.36. The predicted octanol–water partition coefficient (Wildman–Crippen LogP) is 2.01. The summed E-state index contributed by atoms with van der Waals surface area (Å²) >= 11 is 0. The van der Waals surface area contributed by atoms with E-state index in [0.717, 1.165) is 30.1 Å². The van der Waals surface area contributed by atoms with Gasteiger partial charge < -0.3 is 19.9 Å². The van der Waals surface area contributed by atoms with E-state index in [0.29, 0.717) is 13.1 Å². The van der Waals surface area contributed by atoms with Gasteiger partial charge in [-0.1, -0.05) is 12.1 Å². The van der Waals surface area contributed by atoms with Gasteiger partial charge in [0.2, 0.25) is 11.8 Å². The van der Waals surface area contributed by atoms with E-state index in [2.05, 4.69) is 15.2 Å². The van der Waals surface area contributed by atoms with Crippen LogP contribution in [0.3, 0.4) is 0 Å². The average molecular weight is 382 g/mol. The van der Waals surface area contributed by atoms with E-state index >= 15 is 0 Å². The number of methoxy groups -OCH3 is 1. The molecule has 0 aliphatic carbocycles. The van der Waals surface area contributed by atoms with Crippen LogP contribution in [0.2, 0.25) is 0 Å². The number of pyridine rings is 1. The molecule has 148 valence electrons. The van der Waals surface area contributed by atoms with Crippen molar-refractivity contribution in [2.45, 2.75) is 19.4 Å². The molecule has 2 aromatic rings. The molecule has 0 bridgehead atoms. The standard InChI is InChI=1S/C21H26N4O3/c1-16(26)23-20(17-3-5-19(28-2)6-4-17)15-21(27)25-13-11-24(12-14-25)18-7-9-22-10-8-18/h3-10,20H,11-15H2,1-2H3,(H,23,26). The van der Waals surface area contributed by atoms with Crippen LogP contribution in [0, 0.1) is 0 Å². The number of rotatable bonds is 6. The first-order valence-corrected chi connectivity index (χ1v) is 9.40. The van der Waals surface area contributed by atoms with Crippen LogP contribution in [0.25, 0.3) is 0 Å². The number of piperazine rings is 1. The molecule has 7 heteroatoms. The molecule has 1 unspecified atom stereocenters. The minimum atomic E-state index is -0.353. The molecule has 2 amide bonds. The topological polar surface area (TPSA) is 74.8 Å². The van der Waals surface area contributed by atoms with Crippen molar-refractivity contribution in [3.8, 4) is 5.75 Å². The summed E-state index contributed by atoms with van der Waals surface area (Å²) in [5.74, 6) is 0.629. The monoisotopic (exact) mass is 382 g/mol. The highest BCUT2D eigenvalue weighted by Gasteiger charge is 2.25. The van der Waals surface area contributed by atoms with E-state index in [4.69, 9.17) is 4.74 Å². The van der Waals surface area contributed by atoms with Gasteiger partial charge in [0.05, 0.1) is 19.6 Å². The van der Waals surface area contributed by atoms with E-state index in [9.17, 15) is 9.59 Å². The third-order valence-electron chi connectivity index (χ3n) is 4.93. The van der Waals surface area contributed by atoms with Gasteiger partial charge in [0.25, 0.3) is 0 Å². The number of nitrogens with one attached hydrogen (secondary N) is 1. The minimum absolute atomic E-state index is 0.0453. The summed E-state index contributed by atoms with van der Waals surface area (Å²) in [4.78, 5) is 32.7. The lowest BCUT2D eigenvalue weighted by Crippen LogP contribution is -2.49. The zero-order valence-corrected chi connectivity index (χ0v) is 16.3. The number of carbonyl (C=O) groups is 2. The van der Waals surface area contributed by atoms with Crippen molar-refractivity contribution in [3.05, 3.63) is 54.4 Å². The summed E-state index contributed by atoms with van der Waals surface area (Å²) in [7, 11) is 1.61. The van der Waals surface area contributed by atoms with Crippen LogP contribution >= 0.6 is 0 Å². The highest BCUT2D eigenvalue weighted by molar-refractivity contribution is 5.79. The maximum absolute atomic E-state index is 12.9. The van der Waals surface area contributed by atoms with Crippen LogP contribution in [-0.2, 0) is 9.59 Å². The lowest BCUT2D eigenvalue weighted by atomic mass is 10.0. The molecule has 2 heterocycles. The first-order valence-electron chi connectivity index (χ1n) is 9.40. The predicted molar refractivity (Wildman–Crippen MR) is 107 cm³/mol. The van der Waals surface area contributed by atoms with Crippen LogP contribution in [0.15, 0.2) is 48.8 Å². The lowest BCUT2D eigenvalue weighted by molar-refractivity contribution is -0.132. The Kier molecular flexibility index (Phi) is 6.47. The highest BCUT2D eigenvalue weighted by Crippen LogP contribution is 2.22. The van der Waals surface area contributed by atoms with Crippen molar-refractivity contribution in [2.75, 3.05) is 38.2 Å². The largest absolute Gasteiger partial charge is 0.497 e. The molecule has 0 spiro atoms. The summed E-state index contributed by atoms with van der Waals surface area (Å²) < 4.78 is 5.18. The summed E-state index contributed by atoms with van der Waals surface area (Å²) in [5.41, 5.74) is 2.01. The van der Waals surface area contributed by atoms with Crippen molar-refractivity contribution in [1.82, 2.24) is 15.2 Å². The van der Waals surface area contributed by atoms with Crippen LogP contribution in [0.4, 0.5) is 5.69 Å². The van der Waals surface area contributed by atoms with Crippen LogP contribution < -0.4 is 15.0 Å². The zero-order valence-electron chi connectivity index (χ0n) is 16.3. The molecule has 1 aliphatic rings. The molecule has 1 aliphatic heterocycles. The molecule has 1 fully saturated rings. The summed E-state index contributed by atoms with van der Waals surface area (Å²) in [5, 5.41) is 2.89. The van der Waals surface area contributed by atoms with Gasteiger partial charge in [0.1, 0.15) is 5.75 Å². The fraction of sp³-hybridized carbons (Fsp3) is 0.381. The van der Waals surface area contributed by atoms with Crippen molar-refractivity contribution >= 4 is 17.5 Å². The van der Waals surface area contributed by atoms with E-state index < -0.39 is 0 Å². The van der Waals surface area contributed by atoms with Crippen molar-refractivity contribution < 1.29 is 14.3 Å². The Hall–Kier alpha value is -3.09. The second-order valence-corrected chi connectivity index (χ2v) is 6.80. The smallest absolute Gasteiger partial charge is 0.225 e. The summed E-state index contributed by atoms with van der Waals surface area (Å²) in [6, 6.07) is 11.0. The quantitative estimate of drug-likeness (QED) is 0.827. The molecule has 0 saturated carbocycles. The molecule has 1 aromatic heterocycles. The molecule has 3 rings (SSSR count). The van der Waals surface area contributed by atoms with Gasteiger partial charge in [-0.15, -0.1) is 0 Å². The van der Waals surface area contributed by atoms with Gasteiger partial charge >= 0.3 is 0 Å². The summed E-state index contributed by atoms with van der Waals surface area (Å²) in [6.07, 6.45) is 3.79. The van der Waals surface area contributed by atoms with Crippen LogP contribution in [0.5, 0.6) is 5.75 Å². The second kappa shape index (κ2) is 9.21. The first-order chi connectivity index (χ1) is 13.6. The third kappa shape index (κ3) is 5.00. The number of anilines is 1. The van der Waals surface area contributed by atoms with Crippen molar-refractivity contribution in [1.29, 1.82) is 0 Å². The first kappa shape index (κ1) is 19.7. The molecular formula is C21H26N4O3. The van der Waals surface area contributed by atoms with Gasteiger partial charge in [-0.25, -0.2) is 0 Å². The molecule has 7 nitrogen and oxygen atoms in total. The van der Waals surface area contributed by atoms with Gasteiger partial charge in [0, 0.05) is 51.2 Å². The van der Waals surface area contributed by atoms with Crippen molar-refractivity contribution in [2.24, 2.45) is 0 Å². The van der Waals surface area contributed by atoms with Gasteiger partial charge in [-0.2, -0.15) is 0 Å². The van der Waals surface area contributed by atoms with Crippen molar-refractivity contribution in [3.63, 3.8) is 0 Å². The Balaban J connectivity index is 1.61. The van der Waals surface area contributed by atoms with E-state index in [1.54, 1.807) is 19.5 Å². The Bertz CT molecular complexity index is 787. The molecular weight excluding hydrogens is 356 g/mol. The number of carbonyl (C=O) groups excluding carboxylic acids is 2. The fourth-order valence-electron chi connectivity index (χ4n) is 3.41. The molecule has 1 aromatic carbocycles. The highest BCUT2D eigenvalue weighted by atomic mass is 16.5. The molecule has 0 radical (unpaired) electrons. The van der Waals surface area contributed by atoms with Gasteiger partial charge in [-0.3, -0.25) is 14.6 Å². The number of hydrogen-bond donors (Lipinski definition) is 1. The minimum Gasteiger partial charge on any atom is -0.497 e. The molecule has 1 atom stereocenters.